The molecule has 0 heterocycles. The van der Waals surface area contributed by atoms with E-state index in [-0.39, 0.29) is 6.04 Å². The van der Waals surface area contributed by atoms with Crippen LogP contribution in [-0.2, 0) is 5.54 Å². The van der Waals surface area contributed by atoms with Gasteiger partial charge in [-0.15, -0.1) is 0 Å². The van der Waals surface area contributed by atoms with Crippen molar-refractivity contribution in [2.24, 2.45) is 11.5 Å². The summed E-state index contributed by atoms with van der Waals surface area (Å²) < 4.78 is 0. The average Bonchev–Trinajstić information content (AvgIpc) is 2.66. The third-order valence-corrected chi connectivity index (χ3v) is 5.19. The molecule has 0 saturated heterocycles. The summed E-state index contributed by atoms with van der Waals surface area (Å²) in [6, 6.07) is 29.0. The molecular formula is C23H22N2. The molecule has 1 unspecified atom stereocenters. The molecule has 124 valence electrons. The lowest BCUT2D eigenvalue weighted by Crippen LogP contribution is -2.52. The van der Waals surface area contributed by atoms with E-state index in [9.17, 15) is 0 Å². The molecule has 0 aliphatic carbocycles. The molecule has 0 aliphatic rings. The molecule has 4 aromatic rings. The van der Waals surface area contributed by atoms with E-state index in [1.54, 1.807) is 0 Å². The van der Waals surface area contributed by atoms with Gasteiger partial charge in [0.05, 0.1) is 5.54 Å². The number of rotatable bonds is 3. The molecule has 1 atom stereocenters. The maximum Gasteiger partial charge on any atom is 0.0828 e. The topological polar surface area (TPSA) is 52.0 Å². The first kappa shape index (κ1) is 15.8. The molecule has 25 heavy (non-hydrogen) atoms. The molecule has 4 aromatic carbocycles. The van der Waals surface area contributed by atoms with E-state index in [1.165, 1.54) is 10.8 Å². The van der Waals surface area contributed by atoms with Gasteiger partial charge in [0.15, 0.2) is 0 Å². The van der Waals surface area contributed by atoms with Crippen LogP contribution in [0, 0.1) is 0 Å². The van der Waals surface area contributed by atoms with Crippen LogP contribution in [0.1, 0.15) is 18.1 Å². The van der Waals surface area contributed by atoms with E-state index >= 15 is 0 Å². The van der Waals surface area contributed by atoms with Crippen molar-refractivity contribution >= 4 is 21.5 Å². The smallest absolute Gasteiger partial charge is 0.0828 e. The molecule has 4 rings (SSSR count). The minimum Gasteiger partial charge on any atom is -0.326 e. The monoisotopic (exact) mass is 326 g/mol. The van der Waals surface area contributed by atoms with Gasteiger partial charge in [0.1, 0.15) is 0 Å². The van der Waals surface area contributed by atoms with Crippen LogP contribution in [-0.4, -0.2) is 6.04 Å². The second kappa shape index (κ2) is 5.99. The molecule has 2 nitrogen and oxygen atoms in total. The van der Waals surface area contributed by atoms with Crippen molar-refractivity contribution in [3.05, 3.63) is 96.1 Å². The van der Waals surface area contributed by atoms with Crippen LogP contribution in [0.2, 0.25) is 0 Å². The van der Waals surface area contributed by atoms with Crippen molar-refractivity contribution in [1.29, 1.82) is 0 Å². The lowest BCUT2D eigenvalue weighted by molar-refractivity contribution is 0.452. The van der Waals surface area contributed by atoms with Crippen molar-refractivity contribution in [2.45, 2.75) is 18.5 Å². The summed E-state index contributed by atoms with van der Waals surface area (Å²) in [6.07, 6.45) is 0. The van der Waals surface area contributed by atoms with Crippen LogP contribution < -0.4 is 11.5 Å². The summed E-state index contributed by atoms with van der Waals surface area (Å²) in [7, 11) is 0. The molecule has 0 saturated carbocycles. The summed E-state index contributed by atoms with van der Waals surface area (Å²) in [6.45, 7) is 1.99. The Labute approximate surface area is 148 Å². The predicted molar refractivity (Wildman–Crippen MR) is 107 cm³/mol. The molecule has 0 fully saturated rings. The van der Waals surface area contributed by atoms with Gasteiger partial charge in [-0.25, -0.2) is 0 Å². The van der Waals surface area contributed by atoms with E-state index in [1.807, 2.05) is 19.1 Å². The van der Waals surface area contributed by atoms with Gasteiger partial charge in [0.2, 0.25) is 0 Å². The third kappa shape index (κ3) is 2.42. The Hall–Kier alpha value is -2.68. The minimum absolute atomic E-state index is 0.246. The molecular weight excluding hydrogens is 304 g/mol. The van der Waals surface area contributed by atoms with Crippen molar-refractivity contribution in [2.75, 3.05) is 0 Å². The van der Waals surface area contributed by atoms with Gasteiger partial charge in [-0.3, -0.25) is 0 Å². The quantitative estimate of drug-likeness (QED) is 0.580. The predicted octanol–water partition coefficient (Wildman–Crippen LogP) is 4.54. The normalized spacial score (nSPS) is 13.2. The summed E-state index contributed by atoms with van der Waals surface area (Å²) in [4.78, 5) is 0. The van der Waals surface area contributed by atoms with Gasteiger partial charge >= 0.3 is 0 Å². The van der Waals surface area contributed by atoms with Gasteiger partial charge in [-0.2, -0.15) is 0 Å². The van der Waals surface area contributed by atoms with Crippen molar-refractivity contribution < 1.29 is 0 Å². The van der Waals surface area contributed by atoms with Gasteiger partial charge in [-0.05, 0) is 39.6 Å². The van der Waals surface area contributed by atoms with Crippen LogP contribution in [0.4, 0.5) is 0 Å². The number of nitrogens with two attached hydrogens (primary N) is 2. The van der Waals surface area contributed by atoms with Gasteiger partial charge in [-0.1, -0.05) is 84.9 Å². The highest BCUT2D eigenvalue weighted by Crippen LogP contribution is 2.37. The standard InChI is InChI=1S/C23H22N2/c1-16(24)23(25,21-14-6-10-17-8-2-4-12-19(17)21)22-15-7-11-18-9-3-5-13-20(18)22/h2-16H,24-25H2,1H3. The fourth-order valence-corrected chi connectivity index (χ4v) is 3.81. The van der Waals surface area contributed by atoms with Crippen molar-refractivity contribution in [3.63, 3.8) is 0 Å². The van der Waals surface area contributed by atoms with Crippen LogP contribution >= 0.6 is 0 Å². The maximum absolute atomic E-state index is 7.09. The minimum atomic E-state index is -0.776. The van der Waals surface area contributed by atoms with Crippen LogP contribution in [0.15, 0.2) is 84.9 Å². The Morgan fingerprint density at radius 2 is 1.04 bits per heavy atom. The zero-order valence-corrected chi connectivity index (χ0v) is 14.3. The number of fused-ring (bicyclic) bond motifs is 2. The fraction of sp³-hybridized carbons (Fsp3) is 0.130. The van der Waals surface area contributed by atoms with Gasteiger partial charge in [0, 0.05) is 6.04 Å². The van der Waals surface area contributed by atoms with Crippen LogP contribution in [0.3, 0.4) is 0 Å². The Morgan fingerprint density at radius 1 is 0.640 bits per heavy atom. The first-order chi connectivity index (χ1) is 12.1. The van der Waals surface area contributed by atoms with Crippen molar-refractivity contribution in [1.82, 2.24) is 0 Å². The highest BCUT2D eigenvalue weighted by molar-refractivity contribution is 5.91. The highest BCUT2D eigenvalue weighted by Gasteiger charge is 2.36. The van der Waals surface area contributed by atoms with Crippen LogP contribution in [0.25, 0.3) is 21.5 Å². The summed E-state index contributed by atoms with van der Waals surface area (Å²) in [5.74, 6) is 0. The number of hydrogen-bond donors (Lipinski definition) is 2. The van der Waals surface area contributed by atoms with E-state index < -0.39 is 5.54 Å². The molecule has 0 radical (unpaired) electrons. The highest BCUT2D eigenvalue weighted by atomic mass is 14.9. The zero-order chi connectivity index (χ0) is 17.4. The van der Waals surface area contributed by atoms with E-state index in [2.05, 4.69) is 72.8 Å². The molecule has 0 aliphatic heterocycles. The Balaban J connectivity index is 2.09. The summed E-state index contributed by atoms with van der Waals surface area (Å²) in [5.41, 5.74) is 14.9. The van der Waals surface area contributed by atoms with Crippen molar-refractivity contribution in [3.8, 4) is 0 Å². The molecule has 0 spiro atoms. The first-order valence-electron chi connectivity index (χ1n) is 8.63. The molecule has 0 bridgehead atoms. The fourth-order valence-electron chi connectivity index (χ4n) is 3.81. The molecule has 2 heteroatoms. The molecule has 0 amide bonds. The lowest BCUT2D eigenvalue weighted by atomic mass is 9.75. The Morgan fingerprint density at radius 3 is 1.48 bits per heavy atom. The van der Waals surface area contributed by atoms with E-state index in [0.717, 1.165) is 21.9 Å². The third-order valence-electron chi connectivity index (χ3n) is 5.19. The molecule has 4 N–H and O–H groups in total. The zero-order valence-electron chi connectivity index (χ0n) is 14.3. The Bertz CT molecular complexity index is 960. The summed E-state index contributed by atoms with van der Waals surface area (Å²) >= 11 is 0. The van der Waals surface area contributed by atoms with Gasteiger partial charge in [0.25, 0.3) is 0 Å². The Kier molecular flexibility index (Phi) is 3.79. The largest absolute Gasteiger partial charge is 0.326 e. The average molecular weight is 326 g/mol. The van der Waals surface area contributed by atoms with Gasteiger partial charge < -0.3 is 11.5 Å². The molecule has 0 aromatic heterocycles. The summed E-state index contributed by atoms with van der Waals surface area (Å²) in [5, 5.41) is 4.65. The van der Waals surface area contributed by atoms with E-state index in [4.69, 9.17) is 11.5 Å². The second-order valence-electron chi connectivity index (χ2n) is 6.71. The maximum atomic E-state index is 7.09. The lowest BCUT2D eigenvalue weighted by Gasteiger charge is -2.36. The number of hydrogen-bond acceptors (Lipinski definition) is 2. The number of benzene rings is 4. The first-order valence-corrected chi connectivity index (χ1v) is 8.63. The SMILES string of the molecule is CC(N)C(N)(c1cccc2ccccc12)c1cccc2ccccc12. The van der Waals surface area contributed by atoms with Crippen LogP contribution in [0.5, 0.6) is 0 Å². The second-order valence-corrected chi connectivity index (χ2v) is 6.71. The van der Waals surface area contributed by atoms with E-state index in [0.29, 0.717) is 0 Å².